The van der Waals surface area contributed by atoms with E-state index in [0.717, 1.165) is 5.69 Å². The average molecular weight is 437 g/mol. The Kier molecular flexibility index (Phi) is 5.17. The van der Waals surface area contributed by atoms with Crippen molar-refractivity contribution in [2.45, 2.75) is 0 Å². The van der Waals surface area contributed by atoms with Gasteiger partial charge in [-0.3, -0.25) is 10.1 Å². The molecule has 0 aliphatic heterocycles. The van der Waals surface area contributed by atoms with Crippen molar-refractivity contribution in [3.63, 3.8) is 0 Å². The van der Waals surface area contributed by atoms with Gasteiger partial charge in [0.25, 0.3) is 0 Å². The van der Waals surface area contributed by atoms with Crippen LogP contribution in [0.1, 0.15) is 0 Å². The molecule has 0 aliphatic rings. The quantitative estimate of drug-likeness (QED) is 0.217. The highest BCUT2D eigenvalue weighted by atomic mass is 16.6. The molecule has 0 amide bonds. The number of azo groups is 1. The van der Waals surface area contributed by atoms with E-state index < -0.39 is 4.92 Å². The SMILES string of the molecule is O=[N+]([O-])c1c(Nc2ccc(N=Nc3ccccc3)cc2)ncnc1-n1nnc2ccccc21. The minimum absolute atomic E-state index is 0.0134. The fourth-order valence-electron chi connectivity index (χ4n) is 3.17. The fraction of sp³-hybridized carbons (Fsp3) is 0. The molecule has 0 spiro atoms. The first kappa shape index (κ1) is 19.9. The molecular formula is C22H15N9O2. The fourth-order valence-corrected chi connectivity index (χ4v) is 3.17. The van der Waals surface area contributed by atoms with E-state index in [-0.39, 0.29) is 17.3 Å². The van der Waals surface area contributed by atoms with Gasteiger partial charge in [-0.2, -0.15) is 14.9 Å². The minimum atomic E-state index is -0.545. The van der Waals surface area contributed by atoms with Crippen molar-refractivity contribution in [3.8, 4) is 5.82 Å². The third-order valence-electron chi connectivity index (χ3n) is 4.71. The molecule has 5 aromatic rings. The monoisotopic (exact) mass is 437 g/mol. The van der Waals surface area contributed by atoms with E-state index >= 15 is 0 Å². The van der Waals surface area contributed by atoms with Crippen LogP contribution < -0.4 is 5.32 Å². The predicted molar refractivity (Wildman–Crippen MR) is 121 cm³/mol. The molecule has 3 aromatic carbocycles. The Hall–Kier alpha value is -5.06. The molecule has 0 unspecified atom stereocenters. The zero-order chi connectivity index (χ0) is 22.6. The van der Waals surface area contributed by atoms with Crippen LogP contribution in [-0.4, -0.2) is 29.9 Å². The summed E-state index contributed by atoms with van der Waals surface area (Å²) in [4.78, 5) is 19.6. The molecule has 0 saturated heterocycles. The highest BCUT2D eigenvalue weighted by Gasteiger charge is 2.26. The summed E-state index contributed by atoms with van der Waals surface area (Å²) in [6.45, 7) is 0. The summed E-state index contributed by atoms with van der Waals surface area (Å²) >= 11 is 0. The molecule has 160 valence electrons. The molecule has 0 atom stereocenters. The predicted octanol–water partition coefficient (Wildman–Crippen LogP) is 5.28. The van der Waals surface area contributed by atoms with E-state index in [1.807, 2.05) is 36.4 Å². The Labute approximate surface area is 186 Å². The van der Waals surface area contributed by atoms with E-state index in [0.29, 0.717) is 22.4 Å². The number of nitro groups is 1. The normalized spacial score (nSPS) is 11.2. The van der Waals surface area contributed by atoms with Gasteiger partial charge in [0.2, 0.25) is 11.6 Å². The maximum absolute atomic E-state index is 11.9. The van der Waals surface area contributed by atoms with Crippen molar-refractivity contribution in [1.29, 1.82) is 0 Å². The second-order valence-corrected chi connectivity index (χ2v) is 6.85. The van der Waals surface area contributed by atoms with Gasteiger partial charge in [-0.1, -0.05) is 35.5 Å². The number of anilines is 2. The Balaban J connectivity index is 1.45. The summed E-state index contributed by atoms with van der Waals surface area (Å²) in [6, 6.07) is 23.5. The van der Waals surface area contributed by atoms with Crippen molar-refractivity contribution in [2.24, 2.45) is 10.2 Å². The Bertz CT molecular complexity index is 1460. The van der Waals surface area contributed by atoms with Crippen LogP contribution in [0.25, 0.3) is 16.9 Å². The number of rotatable bonds is 6. The summed E-state index contributed by atoms with van der Waals surface area (Å²) in [5.41, 5.74) is 2.84. The zero-order valence-electron chi connectivity index (χ0n) is 17.0. The van der Waals surface area contributed by atoms with Gasteiger partial charge in [0, 0.05) is 5.69 Å². The summed E-state index contributed by atoms with van der Waals surface area (Å²) in [5.74, 6) is 0.0442. The lowest BCUT2D eigenvalue weighted by Gasteiger charge is -2.09. The van der Waals surface area contributed by atoms with Crippen molar-refractivity contribution in [3.05, 3.63) is 95.3 Å². The number of hydrogen-bond acceptors (Lipinski definition) is 9. The summed E-state index contributed by atoms with van der Waals surface area (Å²) in [6.07, 6.45) is 1.24. The third kappa shape index (κ3) is 4.10. The molecule has 0 radical (unpaired) electrons. The van der Waals surface area contributed by atoms with Gasteiger partial charge in [-0.15, -0.1) is 5.10 Å². The van der Waals surface area contributed by atoms with Crippen LogP contribution in [0.15, 0.2) is 95.4 Å². The van der Waals surface area contributed by atoms with Crippen LogP contribution >= 0.6 is 0 Å². The van der Waals surface area contributed by atoms with Crippen molar-refractivity contribution in [2.75, 3.05) is 5.32 Å². The number of benzene rings is 3. The first-order valence-corrected chi connectivity index (χ1v) is 9.83. The largest absolute Gasteiger partial charge is 0.356 e. The Morgan fingerprint density at radius 2 is 1.55 bits per heavy atom. The first-order valence-electron chi connectivity index (χ1n) is 9.83. The van der Waals surface area contributed by atoms with E-state index in [9.17, 15) is 10.1 Å². The summed E-state index contributed by atoms with van der Waals surface area (Å²) in [7, 11) is 0. The number of nitrogens with one attached hydrogen (secondary N) is 1. The van der Waals surface area contributed by atoms with E-state index in [2.05, 4.69) is 35.8 Å². The van der Waals surface area contributed by atoms with Crippen molar-refractivity contribution in [1.82, 2.24) is 25.0 Å². The molecule has 0 aliphatic carbocycles. The van der Waals surface area contributed by atoms with Gasteiger partial charge in [0.1, 0.15) is 11.8 Å². The van der Waals surface area contributed by atoms with E-state index in [4.69, 9.17) is 0 Å². The highest BCUT2D eigenvalue weighted by Crippen LogP contribution is 2.31. The molecule has 11 heteroatoms. The molecule has 0 fully saturated rings. The molecular weight excluding hydrogens is 422 g/mol. The molecule has 11 nitrogen and oxygen atoms in total. The Morgan fingerprint density at radius 3 is 2.30 bits per heavy atom. The van der Waals surface area contributed by atoms with E-state index in [1.54, 1.807) is 42.5 Å². The number of hydrogen-bond donors (Lipinski definition) is 1. The van der Waals surface area contributed by atoms with Crippen LogP contribution in [0, 0.1) is 10.1 Å². The molecule has 33 heavy (non-hydrogen) atoms. The van der Waals surface area contributed by atoms with Gasteiger partial charge in [0.15, 0.2) is 0 Å². The van der Waals surface area contributed by atoms with E-state index in [1.165, 1.54) is 11.0 Å². The molecule has 2 aromatic heterocycles. The zero-order valence-corrected chi connectivity index (χ0v) is 17.0. The standard InChI is InChI=1S/C22H15N9O2/c32-31(33)20-21(23-14-24-22(20)30-19-9-5-4-8-18(19)28-29-30)25-15-10-12-17(13-11-15)27-26-16-6-2-1-3-7-16/h1-14H,(H,23,24,25). The van der Waals surface area contributed by atoms with Crippen LogP contribution in [0.4, 0.5) is 28.6 Å². The van der Waals surface area contributed by atoms with Gasteiger partial charge in [-0.25, -0.2) is 9.97 Å². The van der Waals surface area contributed by atoms with Crippen LogP contribution in [0.5, 0.6) is 0 Å². The minimum Gasteiger partial charge on any atom is -0.334 e. The van der Waals surface area contributed by atoms with Crippen LogP contribution in [-0.2, 0) is 0 Å². The smallest absolute Gasteiger partial charge is 0.334 e. The summed E-state index contributed by atoms with van der Waals surface area (Å²) in [5, 5.41) is 31.4. The number of fused-ring (bicyclic) bond motifs is 1. The second-order valence-electron chi connectivity index (χ2n) is 6.85. The third-order valence-corrected chi connectivity index (χ3v) is 4.71. The molecule has 1 N–H and O–H groups in total. The maximum Gasteiger partial charge on any atom is 0.356 e. The number of nitrogens with zero attached hydrogens (tertiary/aromatic N) is 8. The lowest BCUT2D eigenvalue weighted by Crippen LogP contribution is -2.08. The van der Waals surface area contributed by atoms with Crippen molar-refractivity contribution < 1.29 is 4.92 Å². The molecule has 0 bridgehead atoms. The number of aromatic nitrogens is 5. The average Bonchev–Trinajstić information content (AvgIpc) is 3.28. The molecule has 0 saturated carbocycles. The topological polar surface area (TPSA) is 136 Å². The van der Waals surface area contributed by atoms with Crippen LogP contribution in [0.3, 0.4) is 0 Å². The summed E-state index contributed by atoms with van der Waals surface area (Å²) < 4.78 is 1.33. The first-order chi connectivity index (χ1) is 16.2. The molecule has 2 heterocycles. The Morgan fingerprint density at radius 1 is 0.848 bits per heavy atom. The van der Waals surface area contributed by atoms with Gasteiger partial charge < -0.3 is 5.32 Å². The van der Waals surface area contributed by atoms with Gasteiger partial charge >= 0.3 is 5.69 Å². The lowest BCUT2D eigenvalue weighted by molar-refractivity contribution is -0.384. The van der Waals surface area contributed by atoms with Crippen molar-refractivity contribution >= 4 is 39.6 Å². The van der Waals surface area contributed by atoms with Gasteiger partial charge in [-0.05, 0) is 48.5 Å². The maximum atomic E-state index is 11.9. The second kappa shape index (κ2) is 8.59. The highest BCUT2D eigenvalue weighted by molar-refractivity contribution is 5.78. The lowest BCUT2D eigenvalue weighted by atomic mass is 10.3. The van der Waals surface area contributed by atoms with Crippen LogP contribution in [0.2, 0.25) is 0 Å². The van der Waals surface area contributed by atoms with Gasteiger partial charge in [0.05, 0.1) is 21.8 Å². The number of para-hydroxylation sites is 1. The molecule has 5 rings (SSSR count).